The van der Waals surface area contributed by atoms with Crippen LogP contribution >= 0.6 is 11.6 Å². The first-order valence-corrected chi connectivity index (χ1v) is 8.03. The molecule has 2 aliphatic rings. The third kappa shape index (κ3) is 2.44. The van der Waals surface area contributed by atoms with Crippen LogP contribution in [0.1, 0.15) is 72.6 Å². The van der Waals surface area contributed by atoms with E-state index in [4.69, 9.17) is 11.6 Å². The molecule has 0 aliphatic heterocycles. The average Bonchev–Trinajstić information content (AvgIpc) is 2.47. The maximum atomic E-state index is 12.6. The van der Waals surface area contributed by atoms with Crippen molar-refractivity contribution in [3.8, 4) is 0 Å². The summed E-state index contributed by atoms with van der Waals surface area (Å²) in [5.41, 5.74) is 2.32. The van der Waals surface area contributed by atoms with Crippen molar-refractivity contribution < 1.29 is 4.79 Å². The van der Waals surface area contributed by atoms with Gasteiger partial charge in [0, 0.05) is 11.7 Å². The van der Waals surface area contributed by atoms with Crippen LogP contribution in [0.4, 0.5) is 0 Å². The molecule has 4 heteroatoms. The van der Waals surface area contributed by atoms with Gasteiger partial charge in [-0.3, -0.25) is 9.59 Å². The van der Waals surface area contributed by atoms with Gasteiger partial charge in [-0.15, -0.1) is 0 Å². The highest BCUT2D eigenvalue weighted by Gasteiger charge is 2.25. The van der Waals surface area contributed by atoms with Crippen LogP contribution in [0.3, 0.4) is 0 Å². The van der Waals surface area contributed by atoms with Crippen LogP contribution in [0.25, 0.3) is 0 Å². The third-order valence-corrected chi connectivity index (χ3v) is 4.89. The van der Waals surface area contributed by atoms with Crippen molar-refractivity contribution in [2.45, 2.75) is 63.8 Å². The van der Waals surface area contributed by atoms with Crippen LogP contribution in [-0.2, 0) is 12.8 Å². The van der Waals surface area contributed by atoms with Gasteiger partial charge in [-0.25, -0.2) is 0 Å². The molecule has 1 aromatic heterocycles. The lowest BCUT2D eigenvalue weighted by molar-refractivity contribution is 0.107. The van der Waals surface area contributed by atoms with Gasteiger partial charge in [-0.05, 0) is 61.8 Å². The van der Waals surface area contributed by atoms with Crippen molar-refractivity contribution >= 4 is 16.8 Å². The standard InChI is InChI=1S/C16H20ClNO2/c17-15(19)13-10-11-6-4-5-9-14(11)18(16(13)20)12-7-2-1-3-8-12/h10,12H,1-9H2. The van der Waals surface area contributed by atoms with E-state index in [1.165, 1.54) is 19.3 Å². The highest BCUT2D eigenvalue weighted by atomic mass is 35.5. The number of pyridine rings is 1. The van der Waals surface area contributed by atoms with Crippen molar-refractivity contribution in [3.05, 3.63) is 33.2 Å². The zero-order valence-corrected chi connectivity index (χ0v) is 12.4. The summed E-state index contributed by atoms with van der Waals surface area (Å²) in [6.45, 7) is 0. The lowest BCUT2D eigenvalue weighted by atomic mass is 9.90. The van der Waals surface area contributed by atoms with Gasteiger partial charge in [-0.1, -0.05) is 19.3 Å². The fraction of sp³-hybridized carbons (Fsp3) is 0.625. The van der Waals surface area contributed by atoms with Crippen molar-refractivity contribution in [2.24, 2.45) is 0 Å². The van der Waals surface area contributed by atoms with Crippen LogP contribution in [0.15, 0.2) is 10.9 Å². The topological polar surface area (TPSA) is 39.1 Å². The van der Waals surface area contributed by atoms with Crippen molar-refractivity contribution in [2.75, 3.05) is 0 Å². The molecule has 0 saturated heterocycles. The number of hydrogen-bond donors (Lipinski definition) is 0. The Hall–Kier alpha value is -1.09. The highest BCUT2D eigenvalue weighted by Crippen LogP contribution is 2.31. The summed E-state index contributed by atoms with van der Waals surface area (Å²) in [5, 5.41) is -0.618. The van der Waals surface area contributed by atoms with E-state index < -0.39 is 5.24 Å². The smallest absolute Gasteiger partial charge is 0.263 e. The van der Waals surface area contributed by atoms with Crippen LogP contribution in [0, 0.1) is 0 Å². The Bertz CT molecular complexity index is 585. The summed E-state index contributed by atoms with van der Waals surface area (Å²) < 4.78 is 1.92. The number of aromatic nitrogens is 1. The van der Waals surface area contributed by atoms with Gasteiger partial charge in [0.2, 0.25) is 0 Å². The number of halogens is 1. The zero-order valence-electron chi connectivity index (χ0n) is 11.7. The summed E-state index contributed by atoms with van der Waals surface area (Å²) in [6, 6.07) is 2.00. The molecule has 0 bridgehead atoms. The number of fused-ring (bicyclic) bond motifs is 1. The minimum Gasteiger partial charge on any atom is -0.309 e. The molecule has 1 saturated carbocycles. The second-order valence-corrected chi connectivity index (χ2v) is 6.32. The first-order valence-electron chi connectivity index (χ1n) is 7.65. The van der Waals surface area contributed by atoms with Gasteiger partial charge < -0.3 is 4.57 Å². The summed E-state index contributed by atoms with van der Waals surface area (Å²) in [7, 11) is 0. The van der Waals surface area contributed by atoms with E-state index >= 15 is 0 Å². The van der Waals surface area contributed by atoms with Crippen LogP contribution in [-0.4, -0.2) is 9.81 Å². The number of aryl methyl sites for hydroxylation is 1. The summed E-state index contributed by atoms with van der Waals surface area (Å²) in [5.74, 6) is 0. The van der Waals surface area contributed by atoms with Crippen molar-refractivity contribution in [3.63, 3.8) is 0 Å². The van der Waals surface area contributed by atoms with Crippen LogP contribution in [0.5, 0.6) is 0 Å². The van der Waals surface area contributed by atoms with E-state index in [9.17, 15) is 9.59 Å². The Morgan fingerprint density at radius 3 is 2.50 bits per heavy atom. The molecule has 0 N–H and O–H groups in total. The lowest BCUT2D eigenvalue weighted by Crippen LogP contribution is -2.34. The van der Waals surface area contributed by atoms with E-state index in [0.29, 0.717) is 0 Å². The zero-order chi connectivity index (χ0) is 14.1. The van der Waals surface area contributed by atoms with Gasteiger partial charge in [0.1, 0.15) is 0 Å². The Morgan fingerprint density at radius 2 is 1.80 bits per heavy atom. The predicted octanol–water partition coefficient (Wildman–Crippen LogP) is 3.61. The van der Waals surface area contributed by atoms with E-state index in [1.54, 1.807) is 6.07 Å². The molecule has 108 valence electrons. The molecule has 0 atom stereocenters. The second kappa shape index (κ2) is 5.72. The molecule has 0 unspecified atom stereocenters. The van der Waals surface area contributed by atoms with Crippen LogP contribution < -0.4 is 5.56 Å². The van der Waals surface area contributed by atoms with Crippen molar-refractivity contribution in [1.29, 1.82) is 0 Å². The number of rotatable bonds is 2. The molecule has 0 radical (unpaired) electrons. The van der Waals surface area contributed by atoms with Gasteiger partial charge in [0.25, 0.3) is 10.8 Å². The Morgan fingerprint density at radius 1 is 1.10 bits per heavy atom. The van der Waals surface area contributed by atoms with Crippen molar-refractivity contribution in [1.82, 2.24) is 4.57 Å². The summed E-state index contributed by atoms with van der Waals surface area (Å²) >= 11 is 5.61. The first-order chi connectivity index (χ1) is 9.68. The number of carbonyl (C=O) groups excluding carboxylic acids is 1. The second-order valence-electron chi connectivity index (χ2n) is 5.98. The molecule has 0 amide bonds. The molecule has 3 nitrogen and oxygen atoms in total. The fourth-order valence-electron chi connectivity index (χ4n) is 3.70. The Kier molecular flexibility index (Phi) is 3.97. The fourth-order valence-corrected chi connectivity index (χ4v) is 3.83. The van der Waals surface area contributed by atoms with Crippen LogP contribution in [0.2, 0.25) is 0 Å². The van der Waals surface area contributed by atoms with Gasteiger partial charge in [0.15, 0.2) is 0 Å². The molecule has 2 aliphatic carbocycles. The largest absolute Gasteiger partial charge is 0.309 e. The normalized spacial score (nSPS) is 19.6. The lowest BCUT2D eigenvalue weighted by Gasteiger charge is -2.30. The monoisotopic (exact) mass is 293 g/mol. The summed E-state index contributed by atoms with van der Waals surface area (Å²) in [6.07, 6.45) is 9.87. The molecule has 1 aromatic rings. The molecule has 0 spiro atoms. The maximum absolute atomic E-state index is 12.6. The number of hydrogen-bond acceptors (Lipinski definition) is 2. The highest BCUT2D eigenvalue weighted by molar-refractivity contribution is 6.67. The number of nitrogens with zero attached hydrogens (tertiary/aromatic N) is 1. The Labute approximate surface area is 123 Å². The van der Waals surface area contributed by atoms with E-state index in [-0.39, 0.29) is 17.2 Å². The van der Waals surface area contributed by atoms with Gasteiger partial charge in [0.05, 0.1) is 5.56 Å². The molecule has 20 heavy (non-hydrogen) atoms. The molecular weight excluding hydrogens is 274 g/mol. The number of carbonyl (C=O) groups is 1. The average molecular weight is 294 g/mol. The molecule has 1 fully saturated rings. The molecule has 1 heterocycles. The first kappa shape index (κ1) is 13.9. The minimum absolute atomic E-state index is 0.165. The van der Waals surface area contributed by atoms with E-state index in [0.717, 1.165) is 49.8 Å². The maximum Gasteiger partial charge on any atom is 0.263 e. The molecule has 0 aromatic carbocycles. The Balaban J connectivity index is 2.16. The minimum atomic E-state index is -0.618. The third-order valence-electron chi connectivity index (χ3n) is 4.69. The van der Waals surface area contributed by atoms with Gasteiger partial charge in [-0.2, -0.15) is 0 Å². The molecular formula is C16H20ClNO2. The van der Waals surface area contributed by atoms with E-state index in [2.05, 4.69) is 0 Å². The predicted molar refractivity (Wildman–Crippen MR) is 79.6 cm³/mol. The SMILES string of the molecule is O=C(Cl)c1cc2c(n(C3CCCCC3)c1=O)CCCC2. The van der Waals surface area contributed by atoms with Gasteiger partial charge >= 0.3 is 0 Å². The summed E-state index contributed by atoms with van der Waals surface area (Å²) in [4.78, 5) is 24.2. The molecule has 3 rings (SSSR count). The quantitative estimate of drug-likeness (QED) is 0.781. The van der Waals surface area contributed by atoms with E-state index in [1.807, 2.05) is 4.57 Å².